The van der Waals surface area contributed by atoms with Gasteiger partial charge >= 0.3 is 0 Å². The lowest BCUT2D eigenvalue weighted by Gasteiger charge is -2.34. The van der Waals surface area contributed by atoms with Crippen molar-refractivity contribution in [2.24, 2.45) is 0 Å². The molecule has 5 rings (SSSR count). The number of amides is 2. The topological polar surface area (TPSA) is 97.6 Å². The summed E-state index contributed by atoms with van der Waals surface area (Å²) in [6.45, 7) is 1.63. The molecule has 3 aromatic heterocycles. The number of thiophene rings is 1. The Labute approximate surface area is 205 Å². The summed E-state index contributed by atoms with van der Waals surface area (Å²) < 4.78 is 7.07. The number of piperazine rings is 1. The van der Waals surface area contributed by atoms with E-state index in [-0.39, 0.29) is 23.9 Å². The van der Waals surface area contributed by atoms with Crippen molar-refractivity contribution in [1.29, 1.82) is 0 Å². The van der Waals surface area contributed by atoms with Gasteiger partial charge in [-0.2, -0.15) is 0 Å². The van der Waals surface area contributed by atoms with Crippen LogP contribution in [0.3, 0.4) is 0 Å². The van der Waals surface area contributed by atoms with E-state index >= 15 is 0 Å². The van der Waals surface area contributed by atoms with Crippen LogP contribution in [0.1, 0.15) is 10.4 Å². The summed E-state index contributed by atoms with van der Waals surface area (Å²) in [7, 11) is 1.62. The number of hydrogen-bond acceptors (Lipinski definition) is 7. The standard InChI is InChI=1S/C25H23N5O4S/c1-34-19-4-2-17(3-5-19)21-14-20-23(35-21)25(33)30(16-27-20)15-22(31)28-10-12-29(13-11-28)24(32)18-6-8-26-9-7-18/h2-9,14,16H,10-13,15H2,1H3. The van der Waals surface area contributed by atoms with Gasteiger partial charge in [0.15, 0.2) is 0 Å². The minimum Gasteiger partial charge on any atom is -0.497 e. The number of rotatable bonds is 5. The molecule has 1 aliphatic heterocycles. The van der Waals surface area contributed by atoms with Crippen molar-refractivity contribution in [2.45, 2.75) is 6.54 Å². The summed E-state index contributed by atoms with van der Waals surface area (Å²) in [5.41, 5.74) is 1.92. The van der Waals surface area contributed by atoms with Crippen LogP contribution in [0.5, 0.6) is 5.75 Å². The molecule has 35 heavy (non-hydrogen) atoms. The molecule has 1 aromatic carbocycles. The molecular formula is C25H23N5O4S. The van der Waals surface area contributed by atoms with Gasteiger partial charge in [0.05, 0.1) is 19.0 Å². The fraction of sp³-hybridized carbons (Fsp3) is 0.240. The number of fused-ring (bicyclic) bond motifs is 1. The average Bonchev–Trinajstić information content (AvgIpc) is 3.36. The van der Waals surface area contributed by atoms with Crippen molar-refractivity contribution >= 4 is 33.4 Å². The van der Waals surface area contributed by atoms with Gasteiger partial charge in [-0.3, -0.25) is 23.9 Å². The van der Waals surface area contributed by atoms with Gasteiger partial charge in [-0.1, -0.05) is 0 Å². The van der Waals surface area contributed by atoms with E-state index in [1.165, 1.54) is 22.2 Å². The molecule has 2 amide bonds. The lowest BCUT2D eigenvalue weighted by molar-refractivity contribution is -0.133. The second-order valence-corrected chi connectivity index (χ2v) is 9.19. The van der Waals surface area contributed by atoms with Crippen molar-refractivity contribution in [2.75, 3.05) is 33.3 Å². The lowest BCUT2D eigenvalue weighted by Crippen LogP contribution is -2.51. The molecule has 0 aliphatic carbocycles. The lowest BCUT2D eigenvalue weighted by atomic mass is 10.2. The SMILES string of the molecule is COc1ccc(-c2cc3ncn(CC(=O)N4CCN(C(=O)c5ccncc5)CC4)c(=O)c3s2)cc1. The maximum absolute atomic E-state index is 13.1. The predicted octanol–water partition coefficient (Wildman–Crippen LogP) is 2.51. The maximum Gasteiger partial charge on any atom is 0.271 e. The van der Waals surface area contributed by atoms with Crippen molar-refractivity contribution in [3.8, 4) is 16.2 Å². The molecule has 10 heteroatoms. The number of ether oxygens (including phenoxy) is 1. The number of carbonyl (C=O) groups is 2. The molecule has 178 valence electrons. The molecule has 1 saturated heterocycles. The van der Waals surface area contributed by atoms with Gasteiger partial charge in [-0.25, -0.2) is 4.98 Å². The minimum absolute atomic E-state index is 0.0734. The molecule has 0 spiro atoms. The van der Waals surface area contributed by atoms with E-state index in [0.717, 1.165) is 16.2 Å². The molecular weight excluding hydrogens is 466 g/mol. The second-order valence-electron chi connectivity index (χ2n) is 8.14. The summed E-state index contributed by atoms with van der Waals surface area (Å²) in [6.07, 6.45) is 4.60. The van der Waals surface area contributed by atoms with Crippen LogP contribution in [0, 0.1) is 0 Å². The fourth-order valence-electron chi connectivity index (χ4n) is 4.04. The highest BCUT2D eigenvalue weighted by Crippen LogP contribution is 2.31. The number of carbonyl (C=O) groups excluding carboxylic acids is 2. The van der Waals surface area contributed by atoms with Crippen molar-refractivity contribution < 1.29 is 14.3 Å². The van der Waals surface area contributed by atoms with Gasteiger partial charge in [-0.15, -0.1) is 11.3 Å². The molecule has 4 heterocycles. The number of hydrogen-bond donors (Lipinski definition) is 0. The largest absolute Gasteiger partial charge is 0.497 e. The highest BCUT2D eigenvalue weighted by molar-refractivity contribution is 7.22. The molecule has 9 nitrogen and oxygen atoms in total. The molecule has 1 aliphatic rings. The Hall–Kier alpha value is -4.05. The molecule has 1 fully saturated rings. The highest BCUT2D eigenvalue weighted by Gasteiger charge is 2.25. The van der Waals surface area contributed by atoms with Gasteiger partial charge < -0.3 is 14.5 Å². The van der Waals surface area contributed by atoms with Gasteiger partial charge in [0.25, 0.3) is 11.5 Å². The summed E-state index contributed by atoms with van der Waals surface area (Å²) in [4.78, 5) is 51.3. The Bertz CT molecular complexity index is 1420. The van der Waals surface area contributed by atoms with E-state index in [0.29, 0.717) is 42.0 Å². The third kappa shape index (κ3) is 4.65. The molecule has 4 aromatic rings. The van der Waals surface area contributed by atoms with E-state index in [1.807, 2.05) is 30.3 Å². The van der Waals surface area contributed by atoms with Crippen LogP contribution in [-0.4, -0.2) is 69.4 Å². The molecule has 0 N–H and O–H groups in total. The smallest absolute Gasteiger partial charge is 0.271 e. The monoisotopic (exact) mass is 489 g/mol. The Morgan fingerprint density at radius 2 is 1.69 bits per heavy atom. The van der Waals surface area contributed by atoms with E-state index in [9.17, 15) is 14.4 Å². The molecule has 0 unspecified atom stereocenters. The van der Waals surface area contributed by atoms with Crippen molar-refractivity contribution in [3.05, 3.63) is 77.1 Å². The zero-order chi connectivity index (χ0) is 24.4. The van der Waals surface area contributed by atoms with Crippen LogP contribution in [-0.2, 0) is 11.3 Å². The molecule has 0 bridgehead atoms. The first-order chi connectivity index (χ1) is 17.0. The predicted molar refractivity (Wildman–Crippen MR) is 133 cm³/mol. The molecule has 0 radical (unpaired) electrons. The van der Waals surface area contributed by atoms with Crippen LogP contribution in [0.15, 0.2) is 66.0 Å². The third-order valence-corrected chi connectivity index (χ3v) is 7.19. The Kier molecular flexibility index (Phi) is 6.28. The second kappa shape index (κ2) is 9.67. The maximum atomic E-state index is 13.1. The Morgan fingerprint density at radius 1 is 1.00 bits per heavy atom. The summed E-state index contributed by atoms with van der Waals surface area (Å²) >= 11 is 1.36. The average molecular weight is 490 g/mol. The van der Waals surface area contributed by atoms with Crippen LogP contribution in [0.4, 0.5) is 0 Å². The third-order valence-electron chi connectivity index (χ3n) is 6.03. The number of pyridine rings is 1. The van der Waals surface area contributed by atoms with Crippen molar-refractivity contribution in [3.63, 3.8) is 0 Å². The molecule has 0 saturated carbocycles. The number of nitrogens with zero attached hydrogens (tertiary/aromatic N) is 5. The number of aromatic nitrogens is 3. The van der Waals surface area contributed by atoms with Gasteiger partial charge in [-0.05, 0) is 48.0 Å². The Morgan fingerprint density at radius 3 is 2.37 bits per heavy atom. The normalized spacial score (nSPS) is 13.7. The van der Waals surface area contributed by atoms with Gasteiger partial charge in [0.2, 0.25) is 5.91 Å². The zero-order valence-electron chi connectivity index (χ0n) is 19.1. The van der Waals surface area contributed by atoms with E-state index in [4.69, 9.17) is 4.74 Å². The first kappa shape index (κ1) is 22.7. The zero-order valence-corrected chi connectivity index (χ0v) is 19.9. The minimum atomic E-state index is -0.236. The summed E-state index contributed by atoms with van der Waals surface area (Å²) in [6, 6.07) is 12.9. The summed E-state index contributed by atoms with van der Waals surface area (Å²) in [5, 5.41) is 0. The van der Waals surface area contributed by atoms with Crippen LogP contribution < -0.4 is 10.3 Å². The van der Waals surface area contributed by atoms with Gasteiger partial charge in [0.1, 0.15) is 17.0 Å². The van der Waals surface area contributed by atoms with Crippen LogP contribution in [0.25, 0.3) is 20.7 Å². The first-order valence-corrected chi connectivity index (χ1v) is 12.0. The van der Waals surface area contributed by atoms with E-state index in [2.05, 4.69) is 9.97 Å². The van der Waals surface area contributed by atoms with Gasteiger partial charge in [0, 0.05) is 49.0 Å². The quantitative estimate of drug-likeness (QED) is 0.427. The van der Waals surface area contributed by atoms with Crippen LogP contribution >= 0.6 is 11.3 Å². The fourth-order valence-corrected chi connectivity index (χ4v) is 5.10. The summed E-state index contributed by atoms with van der Waals surface area (Å²) in [5.74, 6) is 0.517. The van der Waals surface area contributed by atoms with Crippen LogP contribution in [0.2, 0.25) is 0 Å². The Balaban J connectivity index is 1.26. The van der Waals surface area contributed by atoms with E-state index < -0.39 is 0 Å². The highest BCUT2D eigenvalue weighted by atomic mass is 32.1. The van der Waals surface area contributed by atoms with Crippen molar-refractivity contribution in [1.82, 2.24) is 24.3 Å². The number of benzene rings is 1. The van der Waals surface area contributed by atoms with E-state index in [1.54, 1.807) is 41.4 Å². The first-order valence-electron chi connectivity index (χ1n) is 11.1. The number of methoxy groups -OCH3 is 1. The molecule has 0 atom stereocenters.